The number of amides is 1. The van der Waals surface area contributed by atoms with Gasteiger partial charge in [0.25, 0.3) is 5.82 Å². The van der Waals surface area contributed by atoms with Gasteiger partial charge in [-0.15, -0.1) is 5.10 Å². The van der Waals surface area contributed by atoms with Gasteiger partial charge < -0.3 is 5.32 Å². The lowest BCUT2D eigenvalue weighted by atomic mass is 10.4. The fourth-order valence-corrected chi connectivity index (χ4v) is 1.48. The Hall–Kier alpha value is -2.69. The minimum Gasteiger partial charge on any atom is -0.309 e. The summed E-state index contributed by atoms with van der Waals surface area (Å²) in [5.74, 6) is 0.393. The summed E-state index contributed by atoms with van der Waals surface area (Å²) in [6.07, 6.45) is 1.34. The number of carbonyl (C=O) groups is 1. The molecule has 0 aliphatic rings. The topological polar surface area (TPSA) is 101 Å². The molecule has 0 fully saturated rings. The molecule has 8 nitrogen and oxygen atoms in total. The van der Waals surface area contributed by atoms with Crippen molar-refractivity contribution in [2.24, 2.45) is 7.05 Å². The van der Waals surface area contributed by atoms with Crippen LogP contribution in [0.4, 0.5) is 5.82 Å². The molecule has 2 aromatic heterocycles. The van der Waals surface area contributed by atoms with Gasteiger partial charge in [0.15, 0.2) is 0 Å². The average Bonchev–Trinajstić information content (AvgIpc) is 2.86. The molecule has 8 heteroatoms. The number of nitrogens with one attached hydrogen (secondary N) is 1. The molecule has 18 heavy (non-hydrogen) atoms. The van der Waals surface area contributed by atoms with E-state index in [0.717, 1.165) is 5.69 Å². The second-order valence-corrected chi connectivity index (χ2v) is 3.72. The monoisotopic (exact) mass is 245 g/mol. The Balaban J connectivity index is 2.01. The van der Waals surface area contributed by atoms with Gasteiger partial charge in [-0.25, -0.2) is 9.67 Å². The molecule has 2 rings (SSSR count). The maximum atomic E-state index is 11.7. The van der Waals surface area contributed by atoms with Crippen molar-refractivity contribution in [2.75, 3.05) is 5.32 Å². The van der Waals surface area contributed by atoms with E-state index in [1.54, 1.807) is 23.9 Å². The Bertz CT molecular complexity index is 618. The second-order valence-electron chi connectivity index (χ2n) is 3.72. The molecule has 0 bridgehead atoms. The first-order valence-electron chi connectivity index (χ1n) is 5.18. The molecule has 0 saturated heterocycles. The molecule has 1 amide bonds. The van der Waals surface area contributed by atoms with E-state index in [-0.39, 0.29) is 18.3 Å². The molecule has 92 valence electrons. The molecule has 0 aliphatic heterocycles. The fraction of sp³-hybridized carbons (Fsp3) is 0.300. The minimum atomic E-state index is -0.257. The number of rotatable bonds is 3. The summed E-state index contributed by atoms with van der Waals surface area (Å²) >= 11 is 0. The molecule has 0 saturated carbocycles. The summed E-state index contributed by atoms with van der Waals surface area (Å²) in [7, 11) is 1.74. The largest absolute Gasteiger partial charge is 0.309 e. The van der Waals surface area contributed by atoms with E-state index >= 15 is 0 Å². The van der Waals surface area contributed by atoms with Crippen LogP contribution in [0, 0.1) is 18.3 Å². The van der Waals surface area contributed by atoms with E-state index in [2.05, 4.69) is 20.5 Å². The highest BCUT2D eigenvalue weighted by atomic mass is 16.2. The van der Waals surface area contributed by atoms with Gasteiger partial charge in [0.2, 0.25) is 5.91 Å². The van der Waals surface area contributed by atoms with Crippen LogP contribution in [0.2, 0.25) is 0 Å². The van der Waals surface area contributed by atoms with Gasteiger partial charge >= 0.3 is 0 Å². The standard InChI is InChI=1S/C10H11N7O/c1-7-3-9(16(2)14-7)13-10(18)5-17-6-12-8(4-11)15-17/h3,6H,5H2,1-2H3,(H,13,18). The second kappa shape index (κ2) is 4.67. The van der Waals surface area contributed by atoms with Crippen LogP contribution < -0.4 is 5.32 Å². The SMILES string of the molecule is Cc1cc(NC(=O)Cn2cnc(C#N)n2)n(C)n1. The van der Waals surface area contributed by atoms with Gasteiger partial charge in [0.05, 0.1) is 5.69 Å². The number of hydrogen-bond acceptors (Lipinski definition) is 5. The van der Waals surface area contributed by atoms with Crippen molar-refractivity contribution < 1.29 is 4.79 Å². The first-order valence-corrected chi connectivity index (χ1v) is 5.18. The zero-order valence-corrected chi connectivity index (χ0v) is 9.95. The van der Waals surface area contributed by atoms with Crippen molar-refractivity contribution >= 4 is 11.7 Å². The third-order valence-electron chi connectivity index (χ3n) is 2.21. The van der Waals surface area contributed by atoms with E-state index in [4.69, 9.17) is 5.26 Å². The van der Waals surface area contributed by atoms with Crippen LogP contribution in [0.3, 0.4) is 0 Å². The highest BCUT2D eigenvalue weighted by Crippen LogP contribution is 2.07. The maximum Gasteiger partial charge on any atom is 0.252 e. The number of carbonyl (C=O) groups excluding carboxylic acids is 1. The molecular formula is C10H11N7O. The number of aromatic nitrogens is 5. The quantitative estimate of drug-likeness (QED) is 0.808. The van der Waals surface area contributed by atoms with Gasteiger partial charge in [-0.2, -0.15) is 10.4 Å². The number of nitrogens with zero attached hydrogens (tertiary/aromatic N) is 6. The molecule has 0 aromatic carbocycles. The van der Waals surface area contributed by atoms with Gasteiger partial charge in [-0.05, 0) is 6.92 Å². The van der Waals surface area contributed by atoms with E-state index in [9.17, 15) is 4.79 Å². The summed E-state index contributed by atoms with van der Waals surface area (Å²) in [5.41, 5.74) is 0.820. The van der Waals surface area contributed by atoms with Gasteiger partial charge in [0, 0.05) is 13.1 Å². The molecule has 0 spiro atoms. The molecule has 2 heterocycles. The predicted octanol–water partition coefficient (Wildman–Crippen LogP) is -0.170. The highest BCUT2D eigenvalue weighted by Gasteiger charge is 2.09. The number of nitriles is 1. The Kier molecular flexibility index (Phi) is 3.05. The Morgan fingerprint density at radius 3 is 2.89 bits per heavy atom. The Labute approximate surface area is 103 Å². The van der Waals surface area contributed by atoms with Gasteiger partial charge in [0.1, 0.15) is 24.8 Å². The Morgan fingerprint density at radius 1 is 1.56 bits per heavy atom. The van der Waals surface area contributed by atoms with E-state index in [0.29, 0.717) is 5.82 Å². The summed E-state index contributed by atoms with van der Waals surface area (Å²) in [6.45, 7) is 1.84. The summed E-state index contributed by atoms with van der Waals surface area (Å²) in [5, 5.41) is 19.2. The molecule has 1 N–H and O–H groups in total. The third-order valence-corrected chi connectivity index (χ3v) is 2.21. The first kappa shape index (κ1) is 11.8. The zero-order valence-electron chi connectivity index (χ0n) is 9.95. The molecular weight excluding hydrogens is 234 g/mol. The number of anilines is 1. The third kappa shape index (κ3) is 2.52. The summed E-state index contributed by atoms with van der Waals surface area (Å²) in [4.78, 5) is 15.4. The summed E-state index contributed by atoms with van der Waals surface area (Å²) in [6, 6.07) is 3.56. The minimum absolute atomic E-state index is 0.00108. The van der Waals surface area contributed by atoms with E-state index in [1.807, 2.05) is 6.92 Å². The van der Waals surface area contributed by atoms with Crippen molar-refractivity contribution in [3.8, 4) is 6.07 Å². The zero-order chi connectivity index (χ0) is 13.1. The van der Waals surface area contributed by atoms with Crippen LogP contribution >= 0.6 is 0 Å². The average molecular weight is 245 g/mol. The lowest BCUT2D eigenvalue weighted by Crippen LogP contribution is -2.20. The molecule has 0 radical (unpaired) electrons. The van der Waals surface area contributed by atoms with Crippen LogP contribution in [-0.2, 0) is 18.4 Å². The number of hydrogen-bond donors (Lipinski definition) is 1. The fourth-order valence-electron chi connectivity index (χ4n) is 1.48. The van der Waals surface area contributed by atoms with Gasteiger partial charge in [-0.1, -0.05) is 0 Å². The molecule has 2 aromatic rings. The first-order chi connectivity index (χ1) is 8.58. The summed E-state index contributed by atoms with van der Waals surface area (Å²) < 4.78 is 2.88. The van der Waals surface area contributed by atoms with E-state index in [1.165, 1.54) is 11.0 Å². The van der Waals surface area contributed by atoms with Crippen LogP contribution in [0.5, 0.6) is 0 Å². The predicted molar refractivity (Wildman–Crippen MR) is 61.3 cm³/mol. The maximum absolute atomic E-state index is 11.7. The van der Waals surface area contributed by atoms with Crippen LogP contribution in [0.25, 0.3) is 0 Å². The van der Waals surface area contributed by atoms with Crippen molar-refractivity contribution in [3.05, 3.63) is 23.9 Å². The van der Waals surface area contributed by atoms with Crippen molar-refractivity contribution in [3.63, 3.8) is 0 Å². The lowest BCUT2D eigenvalue weighted by Gasteiger charge is -2.04. The van der Waals surface area contributed by atoms with Crippen molar-refractivity contribution in [1.82, 2.24) is 24.5 Å². The van der Waals surface area contributed by atoms with Crippen molar-refractivity contribution in [1.29, 1.82) is 5.26 Å². The van der Waals surface area contributed by atoms with Crippen LogP contribution in [0.1, 0.15) is 11.5 Å². The highest BCUT2D eigenvalue weighted by molar-refractivity contribution is 5.89. The van der Waals surface area contributed by atoms with Gasteiger partial charge in [-0.3, -0.25) is 9.48 Å². The van der Waals surface area contributed by atoms with Crippen LogP contribution in [0.15, 0.2) is 12.4 Å². The molecule has 0 aliphatic carbocycles. The molecule has 0 atom stereocenters. The van der Waals surface area contributed by atoms with E-state index < -0.39 is 0 Å². The van der Waals surface area contributed by atoms with Crippen molar-refractivity contribution in [2.45, 2.75) is 13.5 Å². The number of aryl methyl sites for hydroxylation is 2. The normalized spacial score (nSPS) is 10.1. The smallest absolute Gasteiger partial charge is 0.252 e. The lowest BCUT2D eigenvalue weighted by molar-refractivity contribution is -0.117. The molecule has 0 unspecified atom stereocenters. The Morgan fingerprint density at radius 2 is 2.33 bits per heavy atom. The van der Waals surface area contributed by atoms with Crippen LogP contribution in [-0.4, -0.2) is 30.5 Å².